The first-order valence-corrected chi connectivity index (χ1v) is 7.49. The van der Waals surface area contributed by atoms with Crippen LogP contribution in [0.2, 0.25) is 0 Å². The Hall–Kier alpha value is -0.800. The normalized spacial score (nSPS) is 12.3. The summed E-state index contributed by atoms with van der Waals surface area (Å²) in [7, 11) is 0. The van der Waals surface area contributed by atoms with Crippen molar-refractivity contribution in [2.45, 2.75) is 66.1 Å². The molecule has 0 unspecified atom stereocenters. The lowest BCUT2D eigenvalue weighted by molar-refractivity contribution is 0.247. The Labute approximate surface area is 118 Å². The molecule has 0 atom stereocenters. The van der Waals surface area contributed by atoms with Crippen LogP contribution < -0.4 is 5.32 Å². The number of nitrogens with zero attached hydrogens (tertiary/aromatic N) is 1. The molecule has 3 heteroatoms. The maximum atomic E-state index is 5.89. The predicted molar refractivity (Wildman–Crippen MR) is 81.2 cm³/mol. The molecule has 0 radical (unpaired) electrons. The average molecular weight is 266 g/mol. The molecule has 0 spiro atoms. The second kappa shape index (κ2) is 7.71. The molecule has 0 aliphatic carbocycles. The monoisotopic (exact) mass is 266 g/mol. The molecule has 0 saturated carbocycles. The van der Waals surface area contributed by atoms with Gasteiger partial charge < -0.3 is 9.73 Å². The molecule has 1 aromatic heterocycles. The van der Waals surface area contributed by atoms with Crippen molar-refractivity contribution in [1.29, 1.82) is 0 Å². The third-order valence-electron chi connectivity index (χ3n) is 3.16. The van der Waals surface area contributed by atoms with E-state index in [1.807, 2.05) is 0 Å². The fourth-order valence-electron chi connectivity index (χ4n) is 1.91. The maximum Gasteiger partial charge on any atom is 0.118 e. The van der Waals surface area contributed by atoms with Gasteiger partial charge in [0.25, 0.3) is 0 Å². The van der Waals surface area contributed by atoms with E-state index in [-0.39, 0.29) is 5.54 Å². The Morgan fingerprint density at radius 1 is 1.16 bits per heavy atom. The van der Waals surface area contributed by atoms with Crippen molar-refractivity contribution < 1.29 is 4.42 Å². The number of furan rings is 1. The Bertz CT molecular complexity index is 352. The quantitative estimate of drug-likeness (QED) is 0.776. The van der Waals surface area contributed by atoms with E-state index in [1.165, 1.54) is 12.8 Å². The minimum Gasteiger partial charge on any atom is -0.463 e. The summed E-state index contributed by atoms with van der Waals surface area (Å²) in [5.74, 6) is 2.10. The number of nitrogens with one attached hydrogen (secondary N) is 1. The highest BCUT2D eigenvalue weighted by Crippen LogP contribution is 2.12. The van der Waals surface area contributed by atoms with Crippen LogP contribution in [0, 0.1) is 0 Å². The summed E-state index contributed by atoms with van der Waals surface area (Å²) >= 11 is 0. The zero-order valence-corrected chi connectivity index (χ0v) is 13.3. The van der Waals surface area contributed by atoms with Gasteiger partial charge >= 0.3 is 0 Å². The molecule has 0 aliphatic rings. The van der Waals surface area contributed by atoms with Crippen molar-refractivity contribution >= 4 is 0 Å². The largest absolute Gasteiger partial charge is 0.463 e. The van der Waals surface area contributed by atoms with E-state index >= 15 is 0 Å². The number of unbranched alkanes of at least 4 members (excludes halogenated alkanes) is 1. The van der Waals surface area contributed by atoms with E-state index in [1.54, 1.807) is 0 Å². The second-order valence-electron chi connectivity index (χ2n) is 6.19. The SMILES string of the molecule is CCCCN(CC)Cc1ccc(CNC(C)(C)C)o1. The van der Waals surface area contributed by atoms with Crippen LogP contribution in [0.4, 0.5) is 0 Å². The molecular formula is C16H30N2O. The van der Waals surface area contributed by atoms with Gasteiger partial charge in [-0.1, -0.05) is 20.3 Å². The summed E-state index contributed by atoms with van der Waals surface area (Å²) in [6, 6.07) is 4.19. The van der Waals surface area contributed by atoms with Crippen molar-refractivity contribution in [1.82, 2.24) is 10.2 Å². The number of rotatable bonds is 8. The standard InChI is InChI=1S/C16H30N2O/c1-6-8-11-18(7-2)13-15-10-9-14(19-15)12-17-16(3,4)5/h9-10,17H,6-8,11-13H2,1-5H3. The summed E-state index contributed by atoms with van der Waals surface area (Å²) in [6.45, 7) is 14.9. The molecule has 0 amide bonds. The van der Waals surface area contributed by atoms with Crippen molar-refractivity contribution in [2.24, 2.45) is 0 Å². The smallest absolute Gasteiger partial charge is 0.118 e. The topological polar surface area (TPSA) is 28.4 Å². The van der Waals surface area contributed by atoms with Gasteiger partial charge in [-0.25, -0.2) is 0 Å². The van der Waals surface area contributed by atoms with E-state index in [9.17, 15) is 0 Å². The van der Waals surface area contributed by atoms with Gasteiger partial charge in [0.2, 0.25) is 0 Å². The highest BCUT2D eigenvalue weighted by atomic mass is 16.3. The molecule has 0 fully saturated rings. The highest BCUT2D eigenvalue weighted by Gasteiger charge is 2.11. The van der Waals surface area contributed by atoms with Crippen molar-refractivity contribution in [2.75, 3.05) is 13.1 Å². The molecule has 1 aromatic rings. The Kier molecular flexibility index (Phi) is 6.59. The Balaban J connectivity index is 2.45. The molecule has 110 valence electrons. The van der Waals surface area contributed by atoms with Crippen molar-refractivity contribution in [3.05, 3.63) is 23.7 Å². The molecule has 1 heterocycles. The third kappa shape index (κ3) is 6.79. The lowest BCUT2D eigenvalue weighted by Gasteiger charge is -2.20. The summed E-state index contributed by atoms with van der Waals surface area (Å²) < 4.78 is 5.89. The first-order valence-electron chi connectivity index (χ1n) is 7.49. The first kappa shape index (κ1) is 16.3. The van der Waals surface area contributed by atoms with E-state index < -0.39 is 0 Å². The predicted octanol–water partition coefficient (Wildman–Crippen LogP) is 3.79. The van der Waals surface area contributed by atoms with Crippen LogP contribution in [-0.2, 0) is 13.1 Å². The van der Waals surface area contributed by atoms with Crippen LogP contribution in [0.1, 0.15) is 59.0 Å². The van der Waals surface area contributed by atoms with Crippen LogP contribution in [0.3, 0.4) is 0 Å². The molecule has 1 N–H and O–H groups in total. The van der Waals surface area contributed by atoms with E-state index in [4.69, 9.17) is 4.42 Å². The van der Waals surface area contributed by atoms with Gasteiger partial charge in [-0.2, -0.15) is 0 Å². The van der Waals surface area contributed by atoms with Gasteiger partial charge in [-0.3, -0.25) is 4.90 Å². The Morgan fingerprint density at radius 2 is 1.84 bits per heavy atom. The summed E-state index contributed by atoms with van der Waals surface area (Å²) in [5, 5.41) is 3.45. The third-order valence-corrected chi connectivity index (χ3v) is 3.16. The van der Waals surface area contributed by atoms with Gasteiger partial charge in [0, 0.05) is 5.54 Å². The second-order valence-corrected chi connectivity index (χ2v) is 6.19. The van der Waals surface area contributed by atoms with Gasteiger partial charge in [-0.15, -0.1) is 0 Å². The Morgan fingerprint density at radius 3 is 2.42 bits per heavy atom. The van der Waals surface area contributed by atoms with Crippen molar-refractivity contribution in [3.8, 4) is 0 Å². The molecule has 0 aliphatic heterocycles. The summed E-state index contributed by atoms with van der Waals surface area (Å²) in [6.07, 6.45) is 2.50. The van der Waals surface area contributed by atoms with Crippen LogP contribution in [0.5, 0.6) is 0 Å². The van der Waals surface area contributed by atoms with Gasteiger partial charge in [-0.05, 0) is 52.4 Å². The first-order chi connectivity index (χ1) is 8.94. The van der Waals surface area contributed by atoms with Gasteiger partial charge in [0.05, 0.1) is 13.1 Å². The van der Waals surface area contributed by atoms with Gasteiger partial charge in [0.15, 0.2) is 0 Å². The van der Waals surface area contributed by atoms with Crippen LogP contribution in [0.15, 0.2) is 16.5 Å². The van der Waals surface area contributed by atoms with Crippen molar-refractivity contribution in [3.63, 3.8) is 0 Å². The minimum absolute atomic E-state index is 0.129. The molecule has 0 bridgehead atoms. The summed E-state index contributed by atoms with van der Waals surface area (Å²) in [4.78, 5) is 2.43. The molecule has 0 aromatic carbocycles. The van der Waals surface area contributed by atoms with Crippen LogP contribution in [-0.4, -0.2) is 23.5 Å². The number of hydrogen-bond acceptors (Lipinski definition) is 3. The van der Waals surface area contributed by atoms with Gasteiger partial charge in [0.1, 0.15) is 11.5 Å². The maximum absolute atomic E-state index is 5.89. The highest BCUT2D eigenvalue weighted by molar-refractivity contribution is 5.07. The lowest BCUT2D eigenvalue weighted by Crippen LogP contribution is -2.34. The molecule has 1 rings (SSSR count). The zero-order valence-electron chi connectivity index (χ0n) is 13.3. The van der Waals surface area contributed by atoms with E-state index in [0.29, 0.717) is 0 Å². The molecule has 3 nitrogen and oxygen atoms in total. The lowest BCUT2D eigenvalue weighted by atomic mass is 10.1. The average Bonchev–Trinajstić information content (AvgIpc) is 2.79. The summed E-state index contributed by atoms with van der Waals surface area (Å²) in [5.41, 5.74) is 0.129. The minimum atomic E-state index is 0.129. The van der Waals surface area contributed by atoms with Crippen LogP contribution in [0.25, 0.3) is 0 Å². The number of hydrogen-bond donors (Lipinski definition) is 1. The zero-order chi connectivity index (χ0) is 14.3. The fourth-order valence-corrected chi connectivity index (χ4v) is 1.91. The molecule has 19 heavy (non-hydrogen) atoms. The van der Waals surface area contributed by atoms with E-state index in [2.05, 4.69) is 57.0 Å². The fraction of sp³-hybridized carbons (Fsp3) is 0.750. The van der Waals surface area contributed by atoms with E-state index in [0.717, 1.165) is 37.7 Å². The van der Waals surface area contributed by atoms with Crippen LogP contribution >= 0.6 is 0 Å². The molecular weight excluding hydrogens is 236 g/mol. The molecule has 0 saturated heterocycles.